The fraction of sp³-hybridized carbons (Fsp3) is 0.0833. The first-order chi connectivity index (χ1) is 8.66. The Morgan fingerprint density at radius 1 is 1.17 bits per heavy atom. The van der Waals surface area contributed by atoms with Gasteiger partial charge < -0.3 is 10.3 Å². The zero-order valence-corrected chi connectivity index (χ0v) is 9.40. The van der Waals surface area contributed by atoms with Crippen molar-refractivity contribution in [3.05, 3.63) is 68.5 Å². The van der Waals surface area contributed by atoms with Gasteiger partial charge in [-0.25, -0.2) is 4.79 Å². The molecule has 0 aliphatic heterocycles. The predicted octanol–water partition coefficient (Wildman–Crippen LogP) is -0.00680. The number of carbonyl (C=O) groups excluding carboxylic acids is 1. The number of benzene rings is 1. The highest BCUT2D eigenvalue weighted by molar-refractivity contribution is 5.93. The average Bonchev–Trinajstić information content (AvgIpc) is 2.37. The van der Waals surface area contributed by atoms with Crippen LogP contribution in [0.2, 0.25) is 0 Å². The normalized spacial score (nSPS) is 10.0. The highest BCUT2D eigenvalue weighted by Gasteiger charge is 2.09. The van der Waals surface area contributed by atoms with E-state index in [0.29, 0.717) is 6.54 Å². The number of amides is 1. The van der Waals surface area contributed by atoms with Gasteiger partial charge in [0.05, 0.1) is 0 Å². The van der Waals surface area contributed by atoms with Crippen LogP contribution in [0.3, 0.4) is 0 Å². The van der Waals surface area contributed by atoms with Crippen molar-refractivity contribution in [1.82, 2.24) is 15.3 Å². The Balaban J connectivity index is 2.09. The van der Waals surface area contributed by atoms with E-state index in [2.05, 4.69) is 10.3 Å². The van der Waals surface area contributed by atoms with Crippen LogP contribution in [0.5, 0.6) is 0 Å². The molecule has 0 spiro atoms. The molecule has 1 heterocycles. The van der Waals surface area contributed by atoms with Crippen molar-refractivity contribution in [1.29, 1.82) is 0 Å². The first-order valence-electron chi connectivity index (χ1n) is 5.31. The van der Waals surface area contributed by atoms with E-state index in [1.54, 1.807) is 0 Å². The molecule has 0 saturated heterocycles. The highest BCUT2D eigenvalue weighted by atomic mass is 16.2. The van der Waals surface area contributed by atoms with E-state index in [1.165, 1.54) is 0 Å². The quantitative estimate of drug-likeness (QED) is 0.710. The van der Waals surface area contributed by atoms with Crippen molar-refractivity contribution < 1.29 is 4.79 Å². The van der Waals surface area contributed by atoms with Gasteiger partial charge in [-0.1, -0.05) is 30.3 Å². The summed E-state index contributed by atoms with van der Waals surface area (Å²) in [6.07, 6.45) is 1.10. The van der Waals surface area contributed by atoms with E-state index in [9.17, 15) is 14.4 Å². The lowest BCUT2D eigenvalue weighted by Gasteiger charge is -2.04. The molecule has 18 heavy (non-hydrogen) atoms. The summed E-state index contributed by atoms with van der Waals surface area (Å²) in [5.41, 5.74) is -0.541. The topological polar surface area (TPSA) is 94.8 Å². The number of hydrogen-bond donors (Lipinski definition) is 3. The second-order valence-corrected chi connectivity index (χ2v) is 3.65. The molecule has 92 valence electrons. The molecule has 0 aliphatic rings. The van der Waals surface area contributed by atoms with Gasteiger partial charge >= 0.3 is 5.69 Å². The van der Waals surface area contributed by atoms with Crippen LogP contribution in [0.25, 0.3) is 0 Å². The van der Waals surface area contributed by atoms with Gasteiger partial charge in [-0.3, -0.25) is 14.6 Å². The van der Waals surface area contributed by atoms with E-state index in [-0.39, 0.29) is 5.56 Å². The third-order valence-corrected chi connectivity index (χ3v) is 2.36. The van der Waals surface area contributed by atoms with Gasteiger partial charge in [-0.05, 0) is 5.56 Å². The number of nitrogens with one attached hydrogen (secondary N) is 3. The molecule has 0 unspecified atom stereocenters. The maximum atomic E-state index is 11.7. The van der Waals surface area contributed by atoms with E-state index < -0.39 is 17.2 Å². The molecule has 0 fully saturated rings. The molecule has 1 aromatic heterocycles. The molecule has 0 atom stereocenters. The number of rotatable bonds is 3. The molecular weight excluding hydrogens is 234 g/mol. The lowest BCUT2D eigenvalue weighted by molar-refractivity contribution is 0.0949. The number of aromatic nitrogens is 2. The average molecular weight is 245 g/mol. The third kappa shape index (κ3) is 2.73. The second-order valence-electron chi connectivity index (χ2n) is 3.65. The zero-order valence-electron chi connectivity index (χ0n) is 9.40. The van der Waals surface area contributed by atoms with Gasteiger partial charge in [0, 0.05) is 12.7 Å². The molecule has 1 amide bonds. The largest absolute Gasteiger partial charge is 0.348 e. The summed E-state index contributed by atoms with van der Waals surface area (Å²) in [5.74, 6) is -0.531. The molecule has 0 aliphatic carbocycles. The van der Waals surface area contributed by atoms with Crippen molar-refractivity contribution in [2.45, 2.75) is 6.54 Å². The summed E-state index contributed by atoms with van der Waals surface area (Å²) < 4.78 is 0. The highest BCUT2D eigenvalue weighted by Crippen LogP contribution is 1.97. The van der Waals surface area contributed by atoms with Crippen LogP contribution in [-0.2, 0) is 6.54 Å². The standard InChI is InChI=1S/C12H11N3O3/c16-10(9-7-14-12(18)15-11(9)17)13-6-8-4-2-1-3-5-8/h1-5,7H,6H2,(H,13,16)(H2,14,15,17,18). The predicted molar refractivity (Wildman–Crippen MR) is 65.3 cm³/mol. The van der Waals surface area contributed by atoms with Crippen LogP contribution in [0, 0.1) is 0 Å². The summed E-state index contributed by atoms with van der Waals surface area (Å²) >= 11 is 0. The Bertz CT molecular complexity index is 658. The molecule has 0 bridgehead atoms. The van der Waals surface area contributed by atoms with E-state index >= 15 is 0 Å². The first-order valence-corrected chi connectivity index (χ1v) is 5.31. The van der Waals surface area contributed by atoms with Gasteiger partial charge in [0.15, 0.2) is 0 Å². The van der Waals surface area contributed by atoms with Crippen molar-refractivity contribution in [2.75, 3.05) is 0 Å². The van der Waals surface area contributed by atoms with Crippen molar-refractivity contribution in [3.8, 4) is 0 Å². The minimum Gasteiger partial charge on any atom is -0.348 e. The molecule has 2 rings (SSSR count). The van der Waals surface area contributed by atoms with Gasteiger partial charge in [-0.2, -0.15) is 0 Å². The number of aromatic amines is 2. The summed E-state index contributed by atoms with van der Waals surface area (Å²) in [6, 6.07) is 9.30. The minimum atomic E-state index is -0.704. The van der Waals surface area contributed by atoms with Crippen LogP contribution in [0.4, 0.5) is 0 Å². The molecule has 6 nitrogen and oxygen atoms in total. The number of hydrogen-bond acceptors (Lipinski definition) is 3. The van der Waals surface area contributed by atoms with Crippen LogP contribution in [0.1, 0.15) is 15.9 Å². The third-order valence-electron chi connectivity index (χ3n) is 2.36. The lowest BCUT2D eigenvalue weighted by atomic mass is 10.2. The Morgan fingerprint density at radius 3 is 2.56 bits per heavy atom. The molecule has 0 radical (unpaired) electrons. The molecule has 2 aromatic rings. The molecule has 1 aromatic carbocycles. The van der Waals surface area contributed by atoms with E-state index in [0.717, 1.165) is 11.8 Å². The summed E-state index contributed by atoms with van der Waals surface area (Å²) in [7, 11) is 0. The SMILES string of the molecule is O=C(NCc1ccccc1)c1c[nH]c(=O)[nH]c1=O. The van der Waals surface area contributed by atoms with E-state index in [4.69, 9.17) is 0 Å². The summed E-state index contributed by atoms with van der Waals surface area (Å²) in [4.78, 5) is 38.1. The van der Waals surface area contributed by atoms with Crippen LogP contribution >= 0.6 is 0 Å². The fourth-order valence-corrected chi connectivity index (χ4v) is 1.45. The number of H-pyrrole nitrogens is 2. The van der Waals surface area contributed by atoms with Crippen LogP contribution in [-0.4, -0.2) is 15.9 Å². The lowest BCUT2D eigenvalue weighted by Crippen LogP contribution is -2.33. The Morgan fingerprint density at radius 2 is 1.89 bits per heavy atom. The number of carbonyl (C=O) groups is 1. The van der Waals surface area contributed by atoms with Crippen molar-refractivity contribution >= 4 is 5.91 Å². The van der Waals surface area contributed by atoms with Gasteiger partial charge in [0.25, 0.3) is 11.5 Å². The van der Waals surface area contributed by atoms with Crippen molar-refractivity contribution in [3.63, 3.8) is 0 Å². The Labute approximate surface area is 102 Å². The minimum absolute atomic E-state index is 0.120. The van der Waals surface area contributed by atoms with Crippen molar-refractivity contribution in [2.24, 2.45) is 0 Å². The first kappa shape index (κ1) is 11.8. The molecule has 0 saturated carbocycles. The smallest absolute Gasteiger partial charge is 0.325 e. The summed E-state index contributed by atoms with van der Waals surface area (Å²) in [5, 5.41) is 2.59. The monoisotopic (exact) mass is 245 g/mol. The second kappa shape index (κ2) is 5.13. The maximum absolute atomic E-state index is 11.7. The van der Waals surface area contributed by atoms with Gasteiger partial charge in [0.1, 0.15) is 5.56 Å². The van der Waals surface area contributed by atoms with Gasteiger partial charge in [-0.15, -0.1) is 0 Å². The molecular formula is C12H11N3O3. The van der Waals surface area contributed by atoms with E-state index in [1.807, 2.05) is 35.3 Å². The van der Waals surface area contributed by atoms with Gasteiger partial charge in [0.2, 0.25) is 0 Å². The van der Waals surface area contributed by atoms with Crippen LogP contribution < -0.4 is 16.6 Å². The fourth-order valence-electron chi connectivity index (χ4n) is 1.45. The summed E-state index contributed by atoms with van der Waals surface area (Å²) in [6.45, 7) is 0.318. The zero-order chi connectivity index (χ0) is 13.0. The Kier molecular flexibility index (Phi) is 3.38. The Hall–Kier alpha value is -2.63. The molecule has 6 heteroatoms. The van der Waals surface area contributed by atoms with Crippen LogP contribution in [0.15, 0.2) is 46.1 Å². The maximum Gasteiger partial charge on any atom is 0.325 e. The molecule has 3 N–H and O–H groups in total.